The molecular weight excluding hydrogens is 366 g/mol. The number of benzene rings is 1. The lowest BCUT2D eigenvalue weighted by atomic mass is 10.3. The van der Waals surface area contributed by atoms with Gasteiger partial charge >= 0.3 is 6.03 Å². The first-order valence-corrected chi connectivity index (χ1v) is 8.95. The first-order chi connectivity index (χ1) is 13.2. The molecular formula is C18H18ClN7O. The number of nitrogens with zero attached hydrogens (tertiary/aromatic N) is 6. The molecule has 0 saturated carbocycles. The molecule has 1 saturated heterocycles. The van der Waals surface area contributed by atoms with Crippen LogP contribution in [0.3, 0.4) is 0 Å². The summed E-state index contributed by atoms with van der Waals surface area (Å²) in [7, 11) is 0. The Morgan fingerprint density at radius 1 is 1.04 bits per heavy atom. The van der Waals surface area contributed by atoms with Crippen LogP contribution in [0.2, 0.25) is 5.02 Å². The molecule has 0 radical (unpaired) electrons. The van der Waals surface area contributed by atoms with Crippen LogP contribution >= 0.6 is 11.6 Å². The summed E-state index contributed by atoms with van der Waals surface area (Å²) < 4.78 is 1.69. The second-order valence-corrected chi connectivity index (χ2v) is 6.54. The number of amides is 2. The topological polar surface area (TPSA) is 79.2 Å². The summed E-state index contributed by atoms with van der Waals surface area (Å²) in [5.41, 5.74) is 0.689. The van der Waals surface area contributed by atoms with Crippen LogP contribution in [0.1, 0.15) is 0 Å². The largest absolute Gasteiger partial charge is 0.353 e. The maximum absolute atomic E-state index is 12.4. The van der Waals surface area contributed by atoms with Gasteiger partial charge in [0, 0.05) is 55.3 Å². The predicted octanol–water partition coefficient (Wildman–Crippen LogP) is 2.67. The van der Waals surface area contributed by atoms with Gasteiger partial charge in [0.25, 0.3) is 0 Å². The molecule has 27 heavy (non-hydrogen) atoms. The molecule has 3 heterocycles. The lowest BCUT2D eigenvalue weighted by molar-refractivity contribution is 0.208. The highest BCUT2D eigenvalue weighted by Crippen LogP contribution is 2.18. The summed E-state index contributed by atoms with van der Waals surface area (Å²) in [6.07, 6.45) is 5.08. The van der Waals surface area contributed by atoms with Gasteiger partial charge in [0.1, 0.15) is 12.1 Å². The number of hydrogen-bond acceptors (Lipinski definition) is 5. The molecule has 8 nitrogen and oxygen atoms in total. The van der Waals surface area contributed by atoms with Gasteiger partial charge in [-0.25, -0.2) is 19.4 Å². The molecule has 0 unspecified atom stereocenters. The maximum atomic E-state index is 12.4. The molecule has 4 rings (SSSR count). The molecule has 1 aliphatic rings. The van der Waals surface area contributed by atoms with E-state index in [2.05, 4.69) is 25.3 Å². The lowest BCUT2D eigenvalue weighted by Crippen LogP contribution is -2.50. The zero-order valence-electron chi connectivity index (χ0n) is 14.5. The summed E-state index contributed by atoms with van der Waals surface area (Å²) in [5.74, 6) is 1.54. The van der Waals surface area contributed by atoms with E-state index in [-0.39, 0.29) is 6.03 Å². The number of anilines is 2. The molecule has 0 aliphatic carbocycles. The Morgan fingerprint density at radius 3 is 2.59 bits per heavy atom. The van der Waals surface area contributed by atoms with E-state index < -0.39 is 0 Å². The van der Waals surface area contributed by atoms with Crippen molar-refractivity contribution in [1.29, 1.82) is 0 Å². The van der Waals surface area contributed by atoms with E-state index in [1.165, 1.54) is 6.33 Å². The van der Waals surface area contributed by atoms with Crippen molar-refractivity contribution in [3.8, 4) is 5.82 Å². The molecule has 1 aromatic carbocycles. The van der Waals surface area contributed by atoms with E-state index in [1.807, 2.05) is 30.5 Å². The van der Waals surface area contributed by atoms with Crippen molar-refractivity contribution in [3.63, 3.8) is 0 Å². The number of nitrogens with one attached hydrogen (secondary N) is 1. The van der Waals surface area contributed by atoms with Crippen molar-refractivity contribution in [2.75, 3.05) is 36.4 Å². The van der Waals surface area contributed by atoms with Gasteiger partial charge in [-0.1, -0.05) is 17.7 Å². The molecule has 1 N–H and O–H groups in total. The first kappa shape index (κ1) is 17.3. The average molecular weight is 384 g/mol. The van der Waals surface area contributed by atoms with Crippen LogP contribution in [-0.2, 0) is 0 Å². The highest BCUT2D eigenvalue weighted by atomic mass is 35.5. The summed E-state index contributed by atoms with van der Waals surface area (Å²) in [4.78, 5) is 25.0. The Hall–Kier alpha value is -3.13. The third-order valence-electron chi connectivity index (χ3n) is 4.34. The van der Waals surface area contributed by atoms with Crippen LogP contribution in [-0.4, -0.2) is 56.9 Å². The Bertz CT molecular complexity index is 923. The normalized spacial score (nSPS) is 14.3. The van der Waals surface area contributed by atoms with E-state index in [1.54, 1.807) is 27.9 Å². The fraction of sp³-hybridized carbons (Fsp3) is 0.222. The van der Waals surface area contributed by atoms with Crippen molar-refractivity contribution in [2.24, 2.45) is 0 Å². The molecule has 0 atom stereocenters. The molecule has 0 spiro atoms. The molecule has 1 aliphatic heterocycles. The number of carbonyl (C=O) groups is 1. The number of urea groups is 1. The minimum atomic E-state index is -0.128. The van der Waals surface area contributed by atoms with E-state index in [4.69, 9.17) is 11.6 Å². The van der Waals surface area contributed by atoms with Crippen molar-refractivity contribution in [3.05, 3.63) is 60.1 Å². The fourth-order valence-corrected chi connectivity index (χ4v) is 3.14. The van der Waals surface area contributed by atoms with Crippen LogP contribution in [0.4, 0.5) is 16.3 Å². The SMILES string of the molecule is O=C(Nc1cccc(Cl)c1)N1CCN(c2cc(-n3cccn3)ncn2)CC1. The van der Waals surface area contributed by atoms with Crippen LogP contribution < -0.4 is 10.2 Å². The van der Waals surface area contributed by atoms with Gasteiger partial charge in [-0.05, 0) is 24.3 Å². The van der Waals surface area contributed by atoms with Crippen molar-refractivity contribution >= 4 is 29.1 Å². The Labute approximate surface area is 161 Å². The van der Waals surface area contributed by atoms with Crippen molar-refractivity contribution in [1.82, 2.24) is 24.6 Å². The van der Waals surface area contributed by atoms with E-state index >= 15 is 0 Å². The van der Waals surface area contributed by atoms with Crippen LogP contribution in [0.25, 0.3) is 5.82 Å². The Balaban J connectivity index is 1.37. The highest BCUT2D eigenvalue weighted by molar-refractivity contribution is 6.30. The van der Waals surface area contributed by atoms with Gasteiger partial charge in [-0.15, -0.1) is 0 Å². The van der Waals surface area contributed by atoms with Gasteiger partial charge < -0.3 is 15.1 Å². The van der Waals surface area contributed by atoms with Gasteiger partial charge in [0.05, 0.1) is 0 Å². The Morgan fingerprint density at radius 2 is 1.85 bits per heavy atom. The minimum Gasteiger partial charge on any atom is -0.353 e. The third-order valence-corrected chi connectivity index (χ3v) is 4.58. The first-order valence-electron chi connectivity index (χ1n) is 8.57. The van der Waals surface area contributed by atoms with Gasteiger partial charge in [-0.2, -0.15) is 5.10 Å². The highest BCUT2D eigenvalue weighted by Gasteiger charge is 2.22. The lowest BCUT2D eigenvalue weighted by Gasteiger charge is -2.35. The number of halogens is 1. The third kappa shape index (κ3) is 4.01. The molecule has 1 fully saturated rings. The van der Waals surface area contributed by atoms with Crippen molar-refractivity contribution in [2.45, 2.75) is 0 Å². The van der Waals surface area contributed by atoms with Crippen LogP contribution in [0.15, 0.2) is 55.1 Å². The number of hydrogen-bond donors (Lipinski definition) is 1. The second-order valence-electron chi connectivity index (χ2n) is 6.10. The molecule has 0 bridgehead atoms. The second kappa shape index (κ2) is 7.63. The average Bonchev–Trinajstić information content (AvgIpc) is 3.23. The molecule has 3 aromatic rings. The standard InChI is InChI=1S/C18H18ClN7O/c19-14-3-1-4-15(11-14)23-18(27)25-9-7-24(8-10-25)16-12-17(21-13-20-16)26-6-2-5-22-26/h1-6,11-13H,7-10H2,(H,23,27). The molecule has 9 heteroatoms. The smallest absolute Gasteiger partial charge is 0.321 e. The number of aromatic nitrogens is 4. The summed E-state index contributed by atoms with van der Waals surface area (Å²) in [5, 5.41) is 7.66. The predicted molar refractivity (Wildman–Crippen MR) is 103 cm³/mol. The zero-order valence-corrected chi connectivity index (χ0v) is 15.3. The quantitative estimate of drug-likeness (QED) is 0.752. The number of piperazine rings is 1. The van der Waals surface area contributed by atoms with Crippen LogP contribution in [0.5, 0.6) is 0 Å². The molecule has 138 valence electrons. The maximum Gasteiger partial charge on any atom is 0.321 e. The Kier molecular flexibility index (Phi) is 4.88. The number of rotatable bonds is 3. The van der Waals surface area contributed by atoms with E-state index in [0.717, 1.165) is 5.82 Å². The van der Waals surface area contributed by atoms with E-state index in [9.17, 15) is 4.79 Å². The molecule has 2 aromatic heterocycles. The molecule has 2 amide bonds. The zero-order chi connectivity index (χ0) is 18.6. The fourth-order valence-electron chi connectivity index (χ4n) is 2.95. The minimum absolute atomic E-state index is 0.128. The summed E-state index contributed by atoms with van der Waals surface area (Å²) >= 11 is 5.96. The summed E-state index contributed by atoms with van der Waals surface area (Å²) in [6.45, 7) is 2.60. The van der Waals surface area contributed by atoms with Gasteiger partial charge in [0.15, 0.2) is 5.82 Å². The monoisotopic (exact) mass is 383 g/mol. The van der Waals surface area contributed by atoms with Gasteiger partial charge in [-0.3, -0.25) is 0 Å². The van der Waals surface area contributed by atoms with Gasteiger partial charge in [0.2, 0.25) is 0 Å². The van der Waals surface area contributed by atoms with Crippen molar-refractivity contribution < 1.29 is 4.79 Å². The van der Waals surface area contributed by atoms with Crippen LogP contribution in [0, 0.1) is 0 Å². The summed E-state index contributed by atoms with van der Waals surface area (Å²) in [6, 6.07) is 10.7. The number of carbonyl (C=O) groups excluding carboxylic acids is 1. The van der Waals surface area contributed by atoms with E-state index in [0.29, 0.717) is 42.7 Å².